The molecule has 19 heavy (non-hydrogen) atoms. The van der Waals surface area contributed by atoms with Crippen molar-refractivity contribution in [3.8, 4) is 11.5 Å². The van der Waals surface area contributed by atoms with Crippen molar-refractivity contribution in [3.05, 3.63) is 48.5 Å². The van der Waals surface area contributed by atoms with E-state index in [1.807, 2.05) is 55.5 Å². The molecule has 0 spiro atoms. The largest absolute Gasteiger partial charge is 0.497 e. The Labute approximate surface area is 112 Å². The van der Waals surface area contributed by atoms with Crippen molar-refractivity contribution < 1.29 is 9.47 Å². The smallest absolute Gasteiger partial charge is 0.119 e. The van der Waals surface area contributed by atoms with Crippen LogP contribution in [0.25, 0.3) is 0 Å². The summed E-state index contributed by atoms with van der Waals surface area (Å²) in [6.07, 6.45) is 0. The third kappa shape index (κ3) is 3.81. The quantitative estimate of drug-likeness (QED) is 0.739. The zero-order valence-electron chi connectivity index (χ0n) is 11.0. The molecule has 4 nitrogen and oxygen atoms in total. The number of nitrogens with zero attached hydrogens (tertiary/aromatic N) is 2. The highest BCUT2D eigenvalue weighted by Gasteiger charge is 1.94. The minimum absolute atomic E-state index is 0.659. The lowest BCUT2D eigenvalue weighted by Crippen LogP contribution is -1.89. The number of methoxy groups -OCH3 is 1. The predicted octanol–water partition coefficient (Wildman–Crippen LogP) is 4.51. The Morgan fingerprint density at radius 3 is 1.68 bits per heavy atom. The topological polar surface area (TPSA) is 43.2 Å². The summed E-state index contributed by atoms with van der Waals surface area (Å²) in [7, 11) is 1.64. The monoisotopic (exact) mass is 256 g/mol. The lowest BCUT2D eigenvalue weighted by Gasteiger charge is -2.01. The highest BCUT2D eigenvalue weighted by Crippen LogP contribution is 2.22. The van der Waals surface area contributed by atoms with E-state index in [1.54, 1.807) is 7.11 Å². The van der Waals surface area contributed by atoms with E-state index in [0.29, 0.717) is 6.61 Å². The fourth-order valence-electron chi connectivity index (χ4n) is 1.54. The van der Waals surface area contributed by atoms with Gasteiger partial charge in [-0.25, -0.2) is 0 Å². The first-order valence-electron chi connectivity index (χ1n) is 6.10. The second-order valence-corrected chi connectivity index (χ2v) is 3.82. The van der Waals surface area contributed by atoms with Gasteiger partial charge in [-0.05, 0) is 55.5 Å². The Balaban J connectivity index is 2.04. The number of ether oxygens (including phenoxy) is 2. The van der Waals surface area contributed by atoms with E-state index >= 15 is 0 Å². The van der Waals surface area contributed by atoms with Crippen LogP contribution in [0.1, 0.15) is 6.92 Å². The van der Waals surface area contributed by atoms with E-state index in [-0.39, 0.29) is 0 Å². The summed E-state index contributed by atoms with van der Waals surface area (Å²) < 4.78 is 10.4. The molecule has 0 atom stereocenters. The van der Waals surface area contributed by atoms with Crippen molar-refractivity contribution in [1.82, 2.24) is 0 Å². The van der Waals surface area contributed by atoms with Gasteiger partial charge in [0.15, 0.2) is 0 Å². The van der Waals surface area contributed by atoms with Crippen LogP contribution in [0.15, 0.2) is 58.8 Å². The summed E-state index contributed by atoms with van der Waals surface area (Å²) in [6.45, 7) is 2.62. The van der Waals surface area contributed by atoms with E-state index in [1.165, 1.54) is 0 Å². The summed E-state index contributed by atoms with van der Waals surface area (Å²) in [5.74, 6) is 1.64. The van der Waals surface area contributed by atoms with Gasteiger partial charge in [-0.1, -0.05) is 0 Å². The van der Waals surface area contributed by atoms with Crippen LogP contribution in [0.3, 0.4) is 0 Å². The van der Waals surface area contributed by atoms with E-state index in [9.17, 15) is 0 Å². The van der Waals surface area contributed by atoms with E-state index in [0.717, 1.165) is 22.9 Å². The molecule has 0 N–H and O–H groups in total. The third-order valence-electron chi connectivity index (χ3n) is 2.50. The molecule has 0 radical (unpaired) electrons. The molecule has 98 valence electrons. The molecule has 2 rings (SSSR count). The molecular formula is C15H16N2O2. The first kappa shape index (κ1) is 13.1. The SMILES string of the molecule is CCOc1ccc(/N=N/c2ccc(OC)cc2)cc1. The molecule has 0 amide bonds. The van der Waals surface area contributed by atoms with Gasteiger partial charge in [0.25, 0.3) is 0 Å². The van der Waals surface area contributed by atoms with Crippen molar-refractivity contribution in [2.75, 3.05) is 13.7 Å². The van der Waals surface area contributed by atoms with Crippen LogP contribution < -0.4 is 9.47 Å². The van der Waals surface area contributed by atoms with Crippen molar-refractivity contribution in [2.45, 2.75) is 6.92 Å². The van der Waals surface area contributed by atoms with Gasteiger partial charge in [0, 0.05) is 0 Å². The van der Waals surface area contributed by atoms with Crippen LogP contribution in [0.5, 0.6) is 11.5 Å². The van der Waals surface area contributed by atoms with Crippen molar-refractivity contribution >= 4 is 11.4 Å². The van der Waals surface area contributed by atoms with Gasteiger partial charge in [-0.3, -0.25) is 0 Å². The summed E-state index contributed by atoms with van der Waals surface area (Å²) in [6, 6.07) is 14.9. The Bertz CT molecular complexity index is 533. The normalized spacial score (nSPS) is 10.6. The van der Waals surface area contributed by atoms with E-state index in [2.05, 4.69) is 10.2 Å². The maximum absolute atomic E-state index is 5.36. The molecule has 0 fully saturated rings. The van der Waals surface area contributed by atoms with Gasteiger partial charge in [0.05, 0.1) is 25.1 Å². The number of rotatable bonds is 5. The summed E-state index contributed by atoms with van der Waals surface area (Å²) in [5.41, 5.74) is 1.58. The molecule has 0 saturated heterocycles. The summed E-state index contributed by atoms with van der Waals surface area (Å²) in [5, 5.41) is 8.32. The zero-order valence-corrected chi connectivity index (χ0v) is 11.0. The first-order valence-corrected chi connectivity index (χ1v) is 6.10. The Morgan fingerprint density at radius 1 is 0.789 bits per heavy atom. The van der Waals surface area contributed by atoms with Gasteiger partial charge in [-0.2, -0.15) is 10.2 Å². The lowest BCUT2D eigenvalue weighted by molar-refractivity contribution is 0.340. The highest BCUT2D eigenvalue weighted by atomic mass is 16.5. The predicted molar refractivity (Wildman–Crippen MR) is 74.8 cm³/mol. The average Bonchev–Trinajstić information content (AvgIpc) is 2.47. The van der Waals surface area contributed by atoms with Gasteiger partial charge < -0.3 is 9.47 Å². The maximum Gasteiger partial charge on any atom is 0.119 e. The highest BCUT2D eigenvalue weighted by molar-refractivity contribution is 5.44. The molecule has 0 aliphatic rings. The van der Waals surface area contributed by atoms with Gasteiger partial charge in [-0.15, -0.1) is 0 Å². The standard InChI is InChI=1S/C15H16N2O2/c1-3-19-15-10-6-13(7-11-15)17-16-12-4-8-14(18-2)9-5-12/h4-11H,3H2,1-2H3/b17-16+. The summed E-state index contributed by atoms with van der Waals surface area (Å²) in [4.78, 5) is 0. The molecule has 2 aromatic carbocycles. The third-order valence-corrected chi connectivity index (χ3v) is 2.50. The minimum atomic E-state index is 0.659. The van der Waals surface area contributed by atoms with Crippen LogP contribution in [0, 0.1) is 0 Å². The van der Waals surface area contributed by atoms with Crippen LogP contribution in [-0.4, -0.2) is 13.7 Å². The molecule has 2 aromatic rings. The van der Waals surface area contributed by atoms with E-state index in [4.69, 9.17) is 9.47 Å². The second kappa shape index (κ2) is 6.54. The van der Waals surface area contributed by atoms with Crippen molar-refractivity contribution in [1.29, 1.82) is 0 Å². The molecule has 0 bridgehead atoms. The van der Waals surface area contributed by atoms with Gasteiger partial charge in [0.1, 0.15) is 11.5 Å². The number of benzene rings is 2. The summed E-state index contributed by atoms with van der Waals surface area (Å²) >= 11 is 0. The van der Waals surface area contributed by atoms with Crippen LogP contribution in [-0.2, 0) is 0 Å². The van der Waals surface area contributed by atoms with Gasteiger partial charge in [0.2, 0.25) is 0 Å². The molecule has 0 saturated carbocycles. The van der Waals surface area contributed by atoms with Crippen molar-refractivity contribution in [2.24, 2.45) is 10.2 Å². The molecule has 4 heteroatoms. The van der Waals surface area contributed by atoms with Gasteiger partial charge >= 0.3 is 0 Å². The molecular weight excluding hydrogens is 240 g/mol. The molecule has 0 aliphatic heterocycles. The minimum Gasteiger partial charge on any atom is -0.497 e. The molecule has 0 aromatic heterocycles. The molecule has 0 unspecified atom stereocenters. The van der Waals surface area contributed by atoms with Crippen LogP contribution >= 0.6 is 0 Å². The Kier molecular flexibility index (Phi) is 4.50. The number of azo groups is 1. The maximum atomic E-state index is 5.36. The first-order chi connectivity index (χ1) is 9.31. The fourth-order valence-corrected chi connectivity index (χ4v) is 1.54. The Morgan fingerprint density at radius 2 is 1.26 bits per heavy atom. The van der Waals surface area contributed by atoms with E-state index < -0.39 is 0 Å². The molecule has 0 heterocycles. The number of hydrogen-bond donors (Lipinski definition) is 0. The zero-order chi connectivity index (χ0) is 13.5. The Hall–Kier alpha value is -2.36. The van der Waals surface area contributed by atoms with Crippen LogP contribution in [0.4, 0.5) is 11.4 Å². The fraction of sp³-hybridized carbons (Fsp3) is 0.200. The van der Waals surface area contributed by atoms with Crippen molar-refractivity contribution in [3.63, 3.8) is 0 Å². The number of hydrogen-bond acceptors (Lipinski definition) is 4. The average molecular weight is 256 g/mol. The van der Waals surface area contributed by atoms with Crippen LogP contribution in [0.2, 0.25) is 0 Å². The molecule has 0 aliphatic carbocycles. The lowest BCUT2D eigenvalue weighted by atomic mass is 10.3. The second-order valence-electron chi connectivity index (χ2n) is 3.82.